The number of hydrogen-bond acceptors (Lipinski definition) is 14. The van der Waals surface area contributed by atoms with Crippen molar-refractivity contribution in [3.8, 4) is 0 Å². The molecule has 0 aromatic carbocycles. The molecular formula is C15H27NaO14S. The quantitative estimate of drug-likeness (QED) is 0.101. The molecule has 4 unspecified atom stereocenters. The summed E-state index contributed by atoms with van der Waals surface area (Å²) in [7, 11) is -3.30. The topological polar surface area (TPSA) is 225 Å². The van der Waals surface area contributed by atoms with Crippen LogP contribution in [0.2, 0.25) is 0 Å². The second-order valence-corrected chi connectivity index (χ2v) is 8.42. The van der Waals surface area contributed by atoms with Gasteiger partial charge in [-0.3, -0.25) is 0 Å². The van der Waals surface area contributed by atoms with Crippen molar-refractivity contribution in [2.24, 2.45) is 0 Å². The number of methoxy groups -OCH3 is 1. The molecule has 14 nitrogen and oxygen atoms in total. The van der Waals surface area contributed by atoms with Crippen molar-refractivity contribution in [2.45, 2.75) is 61.4 Å². The van der Waals surface area contributed by atoms with Crippen LogP contribution in [0.5, 0.6) is 0 Å². The second-order valence-electron chi connectivity index (χ2n) is 6.89. The molecule has 31 heavy (non-hydrogen) atoms. The Hall–Kier alpha value is 0.470. The van der Waals surface area contributed by atoms with Crippen molar-refractivity contribution in [3.63, 3.8) is 0 Å². The molecule has 2 fully saturated rings. The molecule has 0 amide bonds. The zero-order valence-electron chi connectivity index (χ0n) is 17.0. The van der Waals surface area contributed by atoms with Crippen LogP contribution in [0.4, 0.5) is 0 Å². The smallest absolute Gasteiger partial charge is 0.748 e. The number of ether oxygens (including phenoxy) is 5. The third kappa shape index (κ3) is 7.74. The maximum Gasteiger partial charge on any atom is 1.00 e. The van der Waals surface area contributed by atoms with Gasteiger partial charge in [0, 0.05) is 7.11 Å². The van der Waals surface area contributed by atoms with Crippen molar-refractivity contribution >= 4 is 10.1 Å². The number of aliphatic hydroxyl groups is 6. The Labute approximate surface area is 200 Å². The van der Waals surface area contributed by atoms with Crippen LogP contribution in [0.25, 0.3) is 0 Å². The van der Waals surface area contributed by atoms with Crippen molar-refractivity contribution in [3.05, 3.63) is 0 Å². The van der Waals surface area contributed by atoms with Gasteiger partial charge in [0.2, 0.25) is 0 Å². The van der Waals surface area contributed by atoms with Gasteiger partial charge in [-0.1, -0.05) is 0 Å². The van der Waals surface area contributed by atoms with Crippen LogP contribution in [-0.4, -0.2) is 138 Å². The van der Waals surface area contributed by atoms with Gasteiger partial charge in [-0.25, -0.2) is 8.42 Å². The first-order valence-corrected chi connectivity index (χ1v) is 10.6. The average molecular weight is 486 g/mol. The Bertz CT molecular complexity index is 635. The van der Waals surface area contributed by atoms with Gasteiger partial charge < -0.3 is 58.9 Å². The second kappa shape index (κ2) is 12.8. The molecule has 16 heteroatoms. The molecule has 0 spiro atoms. The number of hydrogen-bond donors (Lipinski definition) is 6. The average Bonchev–Trinajstić information content (AvgIpc) is 2.69. The molecular weight excluding hydrogens is 459 g/mol. The summed E-state index contributed by atoms with van der Waals surface area (Å²) in [5.41, 5.74) is 0. The van der Waals surface area contributed by atoms with Crippen molar-refractivity contribution in [2.75, 3.05) is 32.7 Å². The van der Waals surface area contributed by atoms with Crippen LogP contribution in [0.15, 0.2) is 0 Å². The van der Waals surface area contributed by atoms with E-state index in [1.54, 1.807) is 0 Å². The molecule has 0 bridgehead atoms. The maximum absolute atomic E-state index is 10.6. The first-order chi connectivity index (χ1) is 14.0. The summed E-state index contributed by atoms with van der Waals surface area (Å²) < 4.78 is 57.6. The minimum absolute atomic E-state index is 0. The van der Waals surface area contributed by atoms with Crippen LogP contribution < -0.4 is 29.6 Å². The van der Waals surface area contributed by atoms with E-state index in [2.05, 4.69) is 0 Å². The van der Waals surface area contributed by atoms with Gasteiger partial charge in [-0.2, -0.15) is 0 Å². The minimum atomic E-state index is -4.51. The Morgan fingerprint density at radius 3 is 2.03 bits per heavy atom. The standard InChI is InChI=1S/C15H28O14S.Na/c1-25-14-12(21)10(19)13(6(4-16)27-14)29-15-11(20)9(18)8(17)7(28-15)5-26-2-3-30(22,23)24;/h6-21H,2-5H2,1H3,(H,22,23,24);/q;+1/p-1/t6?,7?,8-,9+,10-,11?,12?,13+,14-,15+;/m0./s1. The van der Waals surface area contributed by atoms with Gasteiger partial charge in [0.25, 0.3) is 0 Å². The summed E-state index contributed by atoms with van der Waals surface area (Å²) in [5, 5.41) is 60.0. The molecule has 10 atom stereocenters. The van der Waals surface area contributed by atoms with E-state index in [0.717, 1.165) is 0 Å². The molecule has 2 saturated heterocycles. The van der Waals surface area contributed by atoms with Crippen LogP contribution in [0.3, 0.4) is 0 Å². The van der Waals surface area contributed by atoms with Crippen molar-refractivity contribution < 1.29 is 96.9 Å². The van der Waals surface area contributed by atoms with Crippen LogP contribution in [0.1, 0.15) is 0 Å². The first kappa shape index (κ1) is 29.5. The summed E-state index contributed by atoms with van der Waals surface area (Å²) >= 11 is 0. The van der Waals surface area contributed by atoms with Crippen LogP contribution in [0, 0.1) is 0 Å². The van der Waals surface area contributed by atoms with E-state index in [-0.39, 0.29) is 29.6 Å². The largest absolute Gasteiger partial charge is 1.00 e. The third-order valence-electron chi connectivity index (χ3n) is 4.77. The van der Waals surface area contributed by atoms with E-state index < -0.39 is 97.1 Å². The molecule has 2 aliphatic heterocycles. The molecule has 0 aliphatic carbocycles. The molecule has 2 heterocycles. The van der Waals surface area contributed by atoms with Gasteiger partial charge in [0.15, 0.2) is 12.6 Å². The molecule has 2 aliphatic rings. The predicted molar refractivity (Wildman–Crippen MR) is 91.7 cm³/mol. The fraction of sp³-hybridized carbons (Fsp3) is 1.00. The van der Waals surface area contributed by atoms with Gasteiger partial charge in [0.1, 0.15) is 48.8 Å². The summed E-state index contributed by atoms with van der Waals surface area (Å²) in [6, 6.07) is 0. The van der Waals surface area contributed by atoms with Gasteiger partial charge in [0.05, 0.1) is 35.7 Å². The predicted octanol–water partition coefficient (Wildman–Crippen LogP) is -8.17. The molecule has 0 aromatic heterocycles. The molecule has 178 valence electrons. The SMILES string of the molecule is CO[C@H]1OC(CO)[C@@H](O[C@H]2OC(COCCS(=O)(=O)[O-])[C@H](O)[C@@H](O)C2O)[C@@H](O)C1O.[Na+]. The minimum Gasteiger partial charge on any atom is -0.748 e. The summed E-state index contributed by atoms with van der Waals surface area (Å²) in [6.07, 6.45) is -15.2. The van der Waals surface area contributed by atoms with E-state index in [9.17, 15) is 43.6 Å². The Morgan fingerprint density at radius 1 is 0.903 bits per heavy atom. The monoisotopic (exact) mass is 486 g/mol. The number of aliphatic hydroxyl groups excluding tert-OH is 6. The Kier molecular flexibility index (Phi) is 12.2. The van der Waals surface area contributed by atoms with Crippen molar-refractivity contribution in [1.82, 2.24) is 0 Å². The number of rotatable bonds is 9. The fourth-order valence-electron chi connectivity index (χ4n) is 3.10. The molecule has 6 N–H and O–H groups in total. The molecule has 0 radical (unpaired) electrons. The van der Waals surface area contributed by atoms with Gasteiger partial charge in [-0.15, -0.1) is 0 Å². The molecule has 0 aromatic rings. The summed E-state index contributed by atoms with van der Waals surface area (Å²) in [5.74, 6) is -0.816. The Balaban J connectivity index is 0.00000480. The summed E-state index contributed by atoms with van der Waals surface area (Å²) in [4.78, 5) is 0. The van der Waals surface area contributed by atoms with E-state index >= 15 is 0 Å². The van der Waals surface area contributed by atoms with E-state index in [1.807, 2.05) is 0 Å². The zero-order valence-corrected chi connectivity index (χ0v) is 19.8. The molecule has 2 rings (SSSR count). The zero-order chi connectivity index (χ0) is 22.6. The Morgan fingerprint density at radius 2 is 1.48 bits per heavy atom. The van der Waals surface area contributed by atoms with E-state index in [1.165, 1.54) is 7.11 Å². The van der Waals surface area contributed by atoms with Gasteiger partial charge >= 0.3 is 29.6 Å². The maximum atomic E-state index is 10.6. The van der Waals surface area contributed by atoms with E-state index in [4.69, 9.17) is 23.7 Å². The van der Waals surface area contributed by atoms with Gasteiger partial charge in [-0.05, 0) is 0 Å². The summed E-state index contributed by atoms with van der Waals surface area (Å²) in [6.45, 7) is -1.60. The van der Waals surface area contributed by atoms with Crippen molar-refractivity contribution in [1.29, 1.82) is 0 Å². The normalized spacial score (nSPS) is 41.5. The van der Waals surface area contributed by atoms with Crippen LogP contribution >= 0.6 is 0 Å². The molecule has 0 saturated carbocycles. The fourth-order valence-corrected chi connectivity index (χ4v) is 3.42. The first-order valence-electron chi connectivity index (χ1n) is 9.01. The van der Waals surface area contributed by atoms with E-state index in [0.29, 0.717) is 0 Å². The third-order valence-corrected chi connectivity index (χ3v) is 5.44. The van der Waals surface area contributed by atoms with Crippen LogP contribution in [-0.2, 0) is 33.8 Å².